The second kappa shape index (κ2) is 8.39. The quantitative estimate of drug-likeness (QED) is 0.668. The number of nitrogens with one attached hydrogen (secondary N) is 1. The Bertz CT molecular complexity index is 1120. The lowest BCUT2D eigenvalue weighted by atomic mass is 10.0. The molecule has 0 bridgehead atoms. The Morgan fingerprint density at radius 3 is 2.41 bits per heavy atom. The van der Waals surface area contributed by atoms with Crippen LogP contribution in [0.4, 0.5) is 10.1 Å². The molecule has 3 rings (SSSR count). The van der Waals surface area contributed by atoms with Crippen molar-refractivity contribution in [2.45, 2.75) is 6.54 Å². The summed E-state index contributed by atoms with van der Waals surface area (Å²) in [6.07, 6.45) is 1.26. The number of ether oxygens (including phenoxy) is 1. The first-order valence-electron chi connectivity index (χ1n) is 8.55. The van der Waals surface area contributed by atoms with Crippen molar-refractivity contribution in [3.63, 3.8) is 0 Å². The van der Waals surface area contributed by atoms with Crippen LogP contribution in [0.25, 0.3) is 11.1 Å². The molecule has 0 saturated heterocycles. The van der Waals surface area contributed by atoms with Crippen LogP contribution >= 0.6 is 0 Å². The summed E-state index contributed by atoms with van der Waals surface area (Å²) in [6, 6.07) is 13.4. The lowest BCUT2D eigenvalue weighted by Gasteiger charge is -2.12. The minimum atomic E-state index is -1.17. The molecule has 1 heterocycles. The summed E-state index contributed by atoms with van der Waals surface area (Å²) in [7, 11) is 1.42. The van der Waals surface area contributed by atoms with Crippen LogP contribution in [0.15, 0.2) is 65.6 Å². The predicted molar refractivity (Wildman–Crippen MR) is 105 cm³/mol. The van der Waals surface area contributed by atoms with E-state index in [4.69, 9.17) is 9.84 Å². The summed E-state index contributed by atoms with van der Waals surface area (Å²) in [5.74, 6) is -1.70. The Kier molecular flexibility index (Phi) is 5.73. The number of aliphatic carboxylic acids is 1. The van der Waals surface area contributed by atoms with Gasteiger partial charge in [0.05, 0.1) is 18.4 Å². The number of amides is 1. The van der Waals surface area contributed by atoms with Crippen LogP contribution in [0.1, 0.15) is 10.4 Å². The second-order valence-electron chi connectivity index (χ2n) is 6.15. The summed E-state index contributed by atoms with van der Waals surface area (Å²) in [6.45, 7) is -0.516. The molecule has 29 heavy (non-hydrogen) atoms. The van der Waals surface area contributed by atoms with Gasteiger partial charge in [-0.05, 0) is 41.5 Å². The number of rotatable bonds is 6. The number of carboxylic acid groups (broad SMARTS) is 1. The minimum Gasteiger partial charge on any atom is -0.496 e. The highest BCUT2D eigenvalue weighted by Crippen LogP contribution is 2.28. The van der Waals surface area contributed by atoms with Crippen LogP contribution in [-0.2, 0) is 11.3 Å². The zero-order valence-electron chi connectivity index (χ0n) is 15.4. The van der Waals surface area contributed by atoms with E-state index < -0.39 is 24.0 Å². The van der Waals surface area contributed by atoms with E-state index in [0.29, 0.717) is 5.75 Å². The molecule has 7 nitrogen and oxygen atoms in total. The average molecular weight is 396 g/mol. The van der Waals surface area contributed by atoms with E-state index >= 15 is 0 Å². The molecule has 1 aromatic heterocycles. The number of halogens is 1. The van der Waals surface area contributed by atoms with Crippen molar-refractivity contribution in [2.24, 2.45) is 0 Å². The molecule has 3 aromatic rings. The van der Waals surface area contributed by atoms with Crippen molar-refractivity contribution in [3.8, 4) is 16.9 Å². The monoisotopic (exact) mass is 396 g/mol. The van der Waals surface area contributed by atoms with E-state index in [9.17, 15) is 18.8 Å². The van der Waals surface area contributed by atoms with E-state index in [1.54, 1.807) is 30.3 Å². The van der Waals surface area contributed by atoms with Crippen LogP contribution in [0.2, 0.25) is 0 Å². The molecule has 0 radical (unpaired) electrons. The maximum absolute atomic E-state index is 13.1. The number of carbonyl (C=O) groups is 2. The molecule has 0 spiro atoms. The summed E-state index contributed by atoms with van der Waals surface area (Å²) in [5, 5.41) is 11.5. The lowest BCUT2D eigenvalue weighted by Crippen LogP contribution is -2.24. The standard InChI is InChI=1S/C21H17FN2O5/c1-29-18-10-14(13-2-5-15(22)6-3-13)4-8-17(18)21(28)23-16-7-9-19(25)24(11-16)12-20(26)27/h2-11H,12H2,1H3,(H,23,28)(H,26,27). The third kappa shape index (κ3) is 4.67. The lowest BCUT2D eigenvalue weighted by molar-refractivity contribution is -0.137. The first-order chi connectivity index (χ1) is 13.9. The molecule has 0 aliphatic rings. The van der Waals surface area contributed by atoms with Gasteiger partial charge in [-0.25, -0.2) is 4.39 Å². The highest BCUT2D eigenvalue weighted by molar-refractivity contribution is 6.06. The molecule has 0 aliphatic carbocycles. The van der Waals surface area contributed by atoms with E-state index in [1.165, 1.54) is 37.6 Å². The highest BCUT2D eigenvalue weighted by atomic mass is 19.1. The Morgan fingerprint density at radius 1 is 1.07 bits per heavy atom. The number of benzene rings is 2. The molecule has 0 fully saturated rings. The van der Waals surface area contributed by atoms with Gasteiger partial charge in [0.2, 0.25) is 0 Å². The maximum atomic E-state index is 13.1. The number of nitrogens with zero attached hydrogens (tertiary/aromatic N) is 1. The molecule has 0 unspecified atom stereocenters. The van der Waals surface area contributed by atoms with E-state index in [-0.39, 0.29) is 17.1 Å². The van der Waals surface area contributed by atoms with Crippen molar-refractivity contribution in [1.82, 2.24) is 4.57 Å². The number of carbonyl (C=O) groups excluding carboxylic acids is 1. The van der Waals surface area contributed by atoms with Crippen LogP contribution in [0.5, 0.6) is 5.75 Å². The maximum Gasteiger partial charge on any atom is 0.323 e. The second-order valence-corrected chi connectivity index (χ2v) is 6.15. The molecule has 0 saturated carbocycles. The van der Waals surface area contributed by atoms with Crippen molar-refractivity contribution in [2.75, 3.05) is 12.4 Å². The van der Waals surface area contributed by atoms with Gasteiger partial charge in [0, 0.05) is 12.3 Å². The number of hydrogen-bond donors (Lipinski definition) is 2. The van der Waals surface area contributed by atoms with Crippen LogP contribution in [-0.4, -0.2) is 28.7 Å². The molecule has 148 valence electrons. The Morgan fingerprint density at radius 2 is 1.76 bits per heavy atom. The number of anilines is 1. The Balaban J connectivity index is 1.86. The number of aromatic nitrogens is 1. The fraction of sp³-hybridized carbons (Fsp3) is 0.0952. The van der Waals surface area contributed by atoms with Crippen molar-refractivity contribution in [3.05, 3.63) is 82.5 Å². The molecule has 8 heteroatoms. The van der Waals surface area contributed by atoms with Gasteiger partial charge >= 0.3 is 5.97 Å². The van der Waals surface area contributed by atoms with Crippen molar-refractivity contribution >= 4 is 17.6 Å². The van der Waals surface area contributed by atoms with Gasteiger partial charge in [-0.2, -0.15) is 0 Å². The molecule has 0 aliphatic heterocycles. The van der Waals surface area contributed by atoms with Crippen LogP contribution < -0.4 is 15.6 Å². The normalized spacial score (nSPS) is 10.4. The summed E-state index contributed by atoms with van der Waals surface area (Å²) in [5.41, 5.74) is 1.52. The third-order valence-corrected chi connectivity index (χ3v) is 4.17. The molecule has 2 N–H and O–H groups in total. The van der Waals surface area contributed by atoms with Gasteiger partial charge in [0.1, 0.15) is 18.1 Å². The van der Waals surface area contributed by atoms with Gasteiger partial charge in [-0.3, -0.25) is 14.4 Å². The molecular formula is C21H17FN2O5. The van der Waals surface area contributed by atoms with Gasteiger partial charge in [-0.15, -0.1) is 0 Å². The zero-order valence-corrected chi connectivity index (χ0v) is 15.4. The van der Waals surface area contributed by atoms with E-state index in [2.05, 4.69) is 5.32 Å². The largest absolute Gasteiger partial charge is 0.496 e. The average Bonchev–Trinajstić information content (AvgIpc) is 2.70. The minimum absolute atomic E-state index is 0.245. The van der Waals surface area contributed by atoms with Gasteiger partial charge in [0.25, 0.3) is 11.5 Å². The third-order valence-electron chi connectivity index (χ3n) is 4.17. The number of pyridine rings is 1. The predicted octanol–water partition coefficient (Wildman–Crippen LogP) is 3.00. The zero-order chi connectivity index (χ0) is 21.0. The van der Waals surface area contributed by atoms with Gasteiger partial charge in [-0.1, -0.05) is 18.2 Å². The fourth-order valence-electron chi connectivity index (χ4n) is 2.77. The Labute approximate surface area is 165 Å². The summed E-state index contributed by atoms with van der Waals surface area (Å²) in [4.78, 5) is 35.2. The summed E-state index contributed by atoms with van der Waals surface area (Å²) < 4.78 is 19.4. The smallest absolute Gasteiger partial charge is 0.323 e. The molecular weight excluding hydrogens is 379 g/mol. The fourth-order valence-corrected chi connectivity index (χ4v) is 2.77. The first kappa shape index (κ1) is 19.8. The van der Waals surface area contributed by atoms with Gasteiger partial charge < -0.3 is 19.7 Å². The van der Waals surface area contributed by atoms with Crippen molar-refractivity contribution in [1.29, 1.82) is 0 Å². The SMILES string of the molecule is COc1cc(-c2ccc(F)cc2)ccc1C(=O)Nc1ccc(=O)n(CC(=O)O)c1. The number of carboxylic acids is 1. The summed E-state index contributed by atoms with van der Waals surface area (Å²) >= 11 is 0. The highest BCUT2D eigenvalue weighted by Gasteiger charge is 2.15. The molecule has 2 aromatic carbocycles. The van der Waals surface area contributed by atoms with Crippen LogP contribution in [0, 0.1) is 5.82 Å². The Hall–Kier alpha value is -3.94. The topological polar surface area (TPSA) is 97.6 Å². The van der Waals surface area contributed by atoms with Crippen LogP contribution in [0.3, 0.4) is 0 Å². The number of methoxy groups -OCH3 is 1. The van der Waals surface area contributed by atoms with E-state index in [1.807, 2.05) is 0 Å². The van der Waals surface area contributed by atoms with Gasteiger partial charge in [0.15, 0.2) is 0 Å². The first-order valence-corrected chi connectivity index (χ1v) is 8.55. The van der Waals surface area contributed by atoms with E-state index in [0.717, 1.165) is 15.7 Å². The van der Waals surface area contributed by atoms with Crippen molar-refractivity contribution < 1.29 is 23.8 Å². The number of hydrogen-bond acceptors (Lipinski definition) is 4. The molecule has 0 atom stereocenters. The molecule has 1 amide bonds.